The van der Waals surface area contributed by atoms with Crippen LogP contribution in [0.5, 0.6) is 0 Å². The fraction of sp³-hybridized carbons (Fsp3) is 0.143. The summed E-state index contributed by atoms with van der Waals surface area (Å²) in [5.74, 6) is -0.846. The van der Waals surface area contributed by atoms with Crippen LogP contribution < -0.4 is 5.32 Å². The van der Waals surface area contributed by atoms with Crippen LogP contribution in [0.25, 0.3) is 0 Å². The highest BCUT2D eigenvalue weighted by Crippen LogP contribution is 2.21. The molecule has 3 rings (SSSR count). The van der Waals surface area contributed by atoms with Crippen molar-refractivity contribution in [2.24, 2.45) is 0 Å². The van der Waals surface area contributed by atoms with Gasteiger partial charge in [0.05, 0.1) is 0 Å². The number of amides is 1. The zero-order valence-corrected chi connectivity index (χ0v) is 15.2. The molecule has 0 bridgehead atoms. The molecular formula is C21H19NO3S. The second kappa shape index (κ2) is 8.45. The van der Waals surface area contributed by atoms with Crippen LogP contribution in [0.2, 0.25) is 0 Å². The molecule has 3 aromatic rings. The summed E-state index contributed by atoms with van der Waals surface area (Å²) in [6, 6.07) is 20.4. The Morgan fingerprint density at radius 2 is 1.73 bits per heavy atom. The third kappa shape index (κ3) is 4.58. The molecule has 1 N–H and O–H groups in total. The number of carbonyl (C=O) groups excluding carboxylic acids is 2. The lowest BCUT2D eigenvalue weighted by molar-refractivity contribution is -0.130. The quantitative estimate of drug-likeness (QED) is 0.664. The van der Waals surface area contributed by atoms with Gasteiger partial charge in [-0.3, -0.25) is 4.79 Å². The molecule has 26 heavy (non-hydrogen) atoms. The van der Waals surface area contributed by atoms with Crippen molar-refractivity contribution in [1.82, 2.24) is 5.32 Å². The van der Waals surface area contributed by atoms with E-state index in [4.69, 9.17) is 4.74 Å². The van der Waals surface area contributed by atoms with Gasteiger partial charge >= 0.3 is 5.97 Å². The lowest BCUT2D eigenvalue weighted by Gasteiger charge is -2.18. The first-order valence-corrected chi connectivity index (χ1v) is 9.14. The van der Waals surface area contributed by atoms with Crippen molar-refractivity contribution < 1.29 is 14.3 Å². The Labute approximate surface area is 156 Å². The summed E-state index contributed by atoms with van der Waals surface area (Å²) in [6.07, 6.45) is -0.990. The molecule has 0 saturated carbocycles. The minimum atomic E-state index is -0.990. The third-order valence-corrected chi connectivity index (χ3v) is 4.72. The molecule has 2 aromatic carbocycles. The van der Waals surface area contributed by atoms with Crippen LogP contribution in [-0.4, -0.2) is 11.9 Å². The number of carbonyl (C=O) groups is 2. The van der Waals surface area contributed by atoms with Gasteiger partial charge in [-0.2, -0.15) is 0 Å². The molecule has 4 nitrogen and oxygen atoms in total. The van der Waals surface area contributed by atoms with Crippen LogP contribution in [0.1, 0.15) is 32.5 Å². The molecule has 1 amide bonds. The van der Waals surface area contributed by atoms with Crippen LogP contribution >= 0.6 is 11.3 Å². The maximum atomic E-state index is 12.7. The molecule has 1 aromatic heterocycles. The van der Waals surface area contributed by atoms with Crippen molar-refractivity contribution in [1.29, 1.82) is 0 Å². The van der Waals surface area contributed by atoms with E-state index in [1.54, 1.807) is 29.6 Å². The summed E-state index contributed by atoms with van der Waals surface area (Å²) in [7, 11) is 0. The van der Waals surface area contributed by atoms with Gasteiger partial charge in [0.2, 0.25) is 6.10 Å². The molecule has 1 atom stereocenters. The Balaban J connectivity index is 1.73. The second-order valence-corrected chi connectivity index (χ2v) is 6.82. The normalized spacial score (nSPS) is 11.6. The van der Waals surface area contributed by atoms with Gasteiger partial charge in [-0.05, 0) is 23.9 Å². The molecule has 132 valence electrons. The van der Waals surface area contributed by atoms with E-state index in [-0.39, 0.29) is 5.91 Å². The summed E-state index contributed by atoms with van der Waals surface area (Å²) >= 11 is 1.29. The number of aryl methyl sites for hydroxylation is 1. The number of esters is 1. The molecule has 0 fully saturated rings. The number of benzene rings is 2. The van der Waals surface area contributed by atoms with Crippen LogP contribution in [0.15, 0.2) is 72.1 Å². The van der Waals surface area contributed by atoms with Gasteiger partial charge in [-0.25, -0.2) is 4.79 Å². The predicted octanol–water partition coefficient (Wildman–Crippen LogP) is 4.27. The maximum absolute atomic E-state index is 12.7. The first kappa shape index (κ1) is 17.9. The number of rotatable bonds is 6. The van der Waals surface area contributed by atoms with Crippen molar-refractivity contribution >= 4 is 23.2 Å². The van der Waals surface area contributed by atoms with Crippen molar-refractivity contribution in [3.05, 3.63) is 93.7 Å². The second-order valence-electron chi connectivity index (χ2n) is 5.88. The van der Waals surface area contributed by atoms with E-state index in [1.807, 2.05) is 49.4 Å². The zero-order chi connectivity index (χ0) is 18.4. The topological polar surface area (TPSA) is 55.4 Å². The molecular weight excluding hydrogens is 346 g/mol. The minimum Gasteiger partial charge on any atom is -0.443 e. The van der Waals surface area contributed by atoms with Gasteiger partial charge in [-0.1, -0.05) is 66.2 Å². The Kier molecular flexibility index (Phi) is 5.81. The number of nitrogens with one attached hydrogen (secondary N) is 1. The summed E-state index contributed by atoms with van der Waals surface area (Å²) in [5, 5.41) is 4.65. The van der Waals surface area contributed by atoms with Gasteiger partial charge in [0.1, 0.15) is 4.88 Å². The Morgan fingerprint density at radius 1 is 1.00 bits per heavy atom. The molecule has 0 saturated heterocycles. The lowest BCUT2D eigenvalue weighted by atomic mass is 10.1. The molecule has 1 heterocycles. The highest BCUT2D eigenvalue weighted by atomic mass is 32.1. The Hall–Kier alpha value is -2.92. The van der Waals surface area contributed by atoms with Crippen molar-refractivity contribution in [3.8, 4) is 0 Å². The largest absolute Gasteiger partial charge is 0.443 e. The van der Waals surface area contributed by atoms with E-state index in [0.29, 0.717) is 17.0 Å². The number of hydrogen-bond donors (Lipinski definition) is 1. The van der Waals surface area contributed by atoms with Crippen LogP contribution in [0, 0.1) is 6.92 Å². The molecule has 5 heteroatoms. The Bertz CT molecular complexity index is 858. The van der Waals surface area contributed by atoms with Gasteiger partial charge in [-0.15, -0.1) is 11.3 Å². The van der Waals surface area contributed by atoms with Gasteiger partial charge in [0.25, 0.3) is 5.91 Å². The van der Waals surface area contributed by atoms with E-state index in [0.717, 1.165) is 11.1 Å². The van der Waals surface area contributed by atoms with E-state index in [1.165, 1.54) is 11.3 Å². The van der Waals surface area contributed by atoms with Crippen LogP contribution in [0.4, 0.5) is 0 Å². The van der Waals surface area contributed by atoms with Crippen molar-refractivity contribution in [2.45, 2.75) is 19.6 Å². The first-order valence-electron chi connectivity index (χ1n) is 8.26. The van der Waals surface area contributed by atoms with Crippen molar-refractivity contribution in [2.75, 3.05) is 0 Å². The van der Waals surface area contributed by atoms with E-state index < -0.39 is 12.1 Å². The number of thiophene rings is 1. The van der Waals surface area contributed by atoms with E-state index in [9.17, 15) is 9.59 Å². The SMILES string of the molecule is Cc1ccc(CNC(=O)[C@@H](OC(=O)c2cccs2)c2ccccc2)cc1. The first-order chi connectivity index (χ1) is 12.6. The molecule has 0 aliphatic rings. The maximum Gasteiger partial charge on any atom is 0.349 e. The Morgan fingerprint density at radius 3 is 2.38 bits per heavy atom. The van der Waals surface area contributed by atoms with E-state index in [2.05, 4.69) is 5.32 Å². The van der Waals surface area contributed by atoms with Gasteiger partial charge in [0.15, 0.2) is 0 Å². The summed E-state index contributed by atoms with van der Waals surface area (Å²) < 4.78 is 5.51. The summed E-state index contributed by atoms with van der Waals surface area (Å²) in [4.78, 5) is 25.5. The average Bonchev–Trinajstić information content (AvgIpc) is 3.21. The van der Waals surface area contributed by atoms with Gasteiger partial charge < -0.3 is 10.1 Å². The smallest absolute Gasteiger partial charge is 0.349 e. The number of hydrogen-bond acceptors (Lipinski definition) is 4. The molecule has 0 aliphatic carbocycles. The molecule has 0 unspecified atom stereocenters. The molecule has 0 spiro atoms. The lowest BCUT2D eigenvalue weighted by Crippen LogP contribution is -2.31. The highest BCUT2D eigenvalue weighted by molar-refractivity contribution is 7.11. The molecule has 0 aliphatic heterocycles. The minimum absolute atomic E-state index is 0.346. The van der Waals surface area contributed by atoms with Crippen LogP contribution in [0.3, 0.4) is 0 Å². The molecule has 0 radical (unpaired) electrons. The monoisotopic (exact) mass is 365 g/mol. The third-order valence-electron chi connectivity index (χ3n) is 3.88. The van der Waals surface area contributed by atoms with Crippen LogP contribution in [-0.2, 0) is 16.1 Å². The number of ether oxygens (including phenoxy) is 1. The predicted molar refractivity (Wildman–Crippen MR) is 102 cm³/mol. The highest BCUT2D eigenvalue weighted by Gasteiger charge is 2.25. The summed E-state index contributed by atoms with van der Waals surface area (Å²) in [5.41, 5.74) is 2.78. The zero-order valence-electron chi connectivity index (χ0n) is 14.3. The average molecular weight is 365 g/mol. The fourth-order valence-corrected chi connectivity index (χ4v) is 3.05. The fourth-order valence-electron chi connectivity index (χ4n) is 2.45. The standard InChI is InChI=1S/C21H19NO3S/c1-15-9-11-16(12-10-15)14-22-20(23)19(17-6-3-2-4-7-17)25-21(24)18-8-5-13-26-18/h2-13,19H,14H2,1H3,(H,22,23)/t19-/m0/s1. The van der Waals surface area contributed by atoms with Crippen molar-refractivity contribution in [3.63, 3.8) is 0 Å². The summed E-state index contributed by atoms with van der Waals surface area (Å²) in [6.45, 7) is 2.39. The van der Waals surface area contributed by atoms with Gasteiger partial charge in [0, 0.05) is 12.1 Å². The van der Waals surface area contributed by atoms with E-state index >= 15 is 0 Å².